The molecule has 12 rings (SSSR count). The minimum Gasteiger partial charge on any atom is -1.00 e. The number of fused-ring (bicyclic) bond motifs is 4. The molecule has 4 aromatic carbocycles. The van der Waals surface area contributed by atoms with Crippen molar-refractivity contribution in [2.24, 2.45) is 0 Å². The molecule has 0 unspecified atom stereocenters. The van der Waals surface area contributed by atoms with Crippen LogP contribution in [0.25, 0.3) is 0 Å². The normalized spacial score (nSPS) is 19.9. The van der Waals surface area contributed by atoms with Gasteiger partial charge in [0.2, 0.25) is 16.6 Å². The summed E-state index contributed by atoms with van der Waals surface area (Å²) >= 11 is 5.27. The number of hydrogen-bond donors (Lipinski definition) is 1. The number of aromatic nitrogens is 4. The molecule has 6 aromatic rings. The van der Waals surface area contributed by atoms with Crippen molar-refractivity contribution in [3.05, 3.63) is 187 Å². The molecule has 21 nitrogen and oxygen atoms in total. The molecule has 29 heteroatoms. The fourth-order valence-electron chi connectivity index (χ4n) is 12.1. The fraction of sp³-hybridized carbons (Fsp3) is 0.383. The quantitative estimate of drug-likeness (QED) is 0.0408. The van der Waals surface area contributed by atoms with Crippen LogP contribution < -0.4 is 124 Å². The van der Waals surface area contributed by atoms with Gasteiger partial charge < -0.3 is 50.8 Å². The summed E-state index contributed by atoms with van der Waals surface area (Å²) in [6.07, 6.45) is 3.92. The molecule has 0 radical (unpaired) electrons. The van der Waals surface area contributed by atoms with Crippen LogP contribution in [0.1, 0.15) is 95.6 Å². The zero-order valence-corrected chi connectivity index (χ0v) is 56.3. The van der Waals surface area contributed by atoms with E-state index in [2.05, 4.69) is 24.9 Å². The van der Waals surface area contributed by atoms with E-state index in [0.717, 1.165) is 57.1 Å². The molecule has 4 amide bonds. The number of aromatic hydroxyl groups is 1. The predicted molar refractivity (Wildman–Crippen MR) is 305 cm³/mol. The third-order valence-electron chi connectivity index (χ3n) is 16.2. The first-order valence-corrected chi connectivity index (χ1v) is 28.1. The average molecular weight is 1310 g/mol. The minimum absolute atomic E-state index is 0. The molecule has 4 fully saturated rings. The smallest absolute Gasteiger partial charge is 1.00 e. The average Bonchev–Trinajstić information content (AvgIpc) is 1.60. The van der Waals surface area contributed by atoms with Crippen molar-refractivity contribution >= 4 is 41.3 Å². The first-order valence-electron chi connectivity index (χ1n) is 28.5. The van der Waals surface area contributed by atoms with Crippen molar-refractivity contribution in [2.45, 2.75) is 61.7 Å². The summed E-state index contributed by atoms with van der Waals surface area (Å²) in [6.45, 7) is 6.22. The van der Waals surface area contributed by atoms with Gasteiger partial charge in [-0.25, -0.2) is 27.0 Å². The number of amides is 4. The van der Waals surface area contributed by atoms with Crippen LogP contribution in [0.2, 0.25) is 0 Å². The van der Waals surface area contributed by atoms with Crippen LogP contribution in [0.15, 0.2) is 119 Å². The molecule has 89 heavy (non-hydrogen) atoms. The second-order valence-electron chi connectivity index (χ2n) is 21.1. The number of halogens is 6. The second-order valence-corrected chi connectivity index (χ2v) is 21.5. The Balaban J connectivity index is 0.000000261. The fourth-order valence-corrected chi connectivity index (χ4v) is 12.2. The van der Waals surface area contributed by atoms with Gasteiger partial charge in [-0.05, 0) is 74.6 Å². The number of hydrogen-bond acceptors (Lipinski definition) is 15. The molecule has 0 spiro atoms. The van der Waals surface area contributed by atoms with Crippen molar-refractivity contribution in [1.29, 1.82) is 0 Å². The Hall–Kier alpha value is -5.32. The topological polar surface area (TPSA) is 236 Å². The number of nitrogens with zero attached hydrogens (tertiary/aromatic N) is 10. The van der Waals surface area contributed by atoms with Crippen LogP contribution in [0, 0.1) is 23.3 Å². The van der Waals surface area contributed by atoms with E-state index >= 15 is 8.78 Å². The Morgan fingerprint density at radius 3 is 1.48 bits per heavy atom. The Labute approximate surface area is 601 Å². The molecule has 6 aliphatic rings. The van der Waals surface area contributed by atoms with E-state index in [0.29, 0.717) is 69.7 Å². The Bertz CT molecular complexity index is 3590. The summed E-state index contributed by atoms with van der Waals surface area (Å²) in [7, 11) is 2.99. The minimum atomic E-state index is -1.00. The summed E-state index contributed by atoms with van der Waals surface area (Å²) < 4.78 is 83.1. The summed E-state index contributed by atoms with van der Waals surface area (Å²) in [5.41, 5.74) is -0.187. The summed E-state index contributed by atoms with van der Waals surface area (Å²) in [5, 5.41) is 27.1. The number of benzene rings is 4. The molecular weight excluding hydrogens is 1250 g/mol. The van der Waals surface area contributed by atoms with Crippen LogP contribution in [-0.2, 0) is 9.68 Å². The van der Waals surface area contributed by atoms with E-state index < -0.39 is 101 Å². The van der Waals surface area contributed by atoms with Gasteiger partial charge >= 0.3 is 114 Å². The van der Waals surface area contributed by atoms with Crippen LogP contribution in [0.5, 0.6) is 11.5 Å². The third kappa shape index (κ3) is 16.3. The van der Waals surface area contributed by atoms with Gasteiger partial charge in [-0.1, -0.05) is 84.9 Å². The maximum Gasteiger partial charge on any atom is 1.00 e. The molecule has 464 valence electrons. The van der Waals surface area contributed by atoms with Crippen molar-refractivity contribution in [3.63, 3.8) is 0 Å². The van der Waals surface area contributed by atoms with Gasteiger partial charge in [0.05, 0.1) is 45.1 Å². The second kappa shape index (κ2) is 33.8. The number of alkyl halides is 1. The van der Waals surface area contributed by atoms with E-state index in [1.165, 1.54) is 38.5 Å². The molecule has 6 atom stereocenters. The molecule has 4 saturated heterocycles. The monoisotopic (exact) mass is 1310 g/mol. The number of piperazine rings is 2. The van der Waals surface area contributed by atoms with Crippen molar-refractivity contribution in [1.82, 2.24) is 49.0 Å². The molecule has 0 saturated carbocycles. The van der Waals surface area contributed by atoms with Gasteiger partial charge in [0.1, 0.15) is 0 Å². The largest absolute Gasteiger partial charge is 1.00 e. The SMILES string of the molecule is CN1CCN(C(=O)Cl)CC1.CN1CCN(C(=O)Oc2c3n(ncc2=O)[C@@H]([C@H](c2ccccc2)c2cccc(F)c2F)[C@H]2CCCN2C3=O)CC1.O=C1c2c(O)c(=O)cnn2[C@@H]([C@H](c2ccccc2)c2cccc(F)c2F)[C@H]2CCCN12.O=CO[O-].[2H]CF.[H-].[K+].[K+]. The van der Waals surface area contributed by atoms with Gasteiger partial charge in [0.25, 0.3) is 18.3 Å². The van der Waals surface area contributed by atoms with E-state index in [9.17, 15) is 47.0 Å². The van der Waals surface area contributed by atoms with Gasteiger partial charge in [-0.15, -0.1) is 0 Å². The number of carbonyl (C=O) groups is 5. The van der Waals surface area contributed by atoms with Crippen LogP contribution >= 0.6 is 11.6 Å². The third-order valence-corrected chi connectivity index (χ3v) is 16.4. The molecule has 1 N–H and O–H groups in total. The zero-order valence-electron chi connectivity index (χ0n) is 51.3. The molecule has 0 aliphatic carbocycles. The maximum atomic E-state index is 15.4. The van der Waals surface area contributed by atoms with E-state index in [1.54, 1.807) is 26.8 Å². The number of ether oxygens (including phenoxy) is 1. The zero-order chi connectivity index (χ0) is 63.3. The van der Waals surface area contributed by atoms with Crippen molar-refractivity contribution < 1.29 is 171 Å². The Kier molecular flexibility index (Phi) is 27.0. The van der Waals surface area contributed by atoms with Crippen LogP contribution in [-0.4, -0.2) is 183 Å². The molecule has 2 aromatic heterocycles. The van der Waals surface area contributed by atoms with Gasteiger partial charge in [0.15, 0.2) is 40.4 Å². The Morgan fingerprint density at radius 1 is 0.652 bits per heavy atom. The summed E-state index contributed by atoms with van der Waals surface area (Å²) in [4.78, 5) is 97.5. The predicted octanol–water partition coefficient (Wildman–Crippen LogP) is 0.211. The number of likely N-dealkylation sites (N-methyl/N-ethyl adjacent to an activating group) is 2. The maximum absolute atomic E-state index is 15.4. The number of carbonyl (C=O) groups excluding carboxylic acids is 5. The van der Waals surface area contributed by atoms with Crippen molar-refractivity contribution in [3.8, 4) is 11.5 Å². The van der Waals surface area contributed by atoms with Gasteiger partial charge in [-0.3, -0.25) is 37.8 Å². The standard InChI is InChI=1S/C29H29F2N5O4.C23H19F2N3O3.C6H11ClN2O.CH3F.CH2O3.2K.H/c1-33-13-15-34(16-14-33)29(39)40-27-22(37)17-32-36-25(21-11-6-12-35(21)28(38)26(27)36)23(18-7-3-2-4-8-18)19-9-5-10-20(30)24(19)31;24-15-9-4-8-14(19(15)25)18(13-6-2-1-3-7-13)20-16-10-5-11-27(16)23(31)21-22(30)17(29)12-26-28(20)21;1-8-2-4-9(5-3-8)6(7)10;1-2;2-1-4-3;;;/h2-5,7-10,17,21,23,25H,6,11-16H2,1H3;1-4,6-9,12,16,18,20,30H,5,10-11H2;2-5H2,1H3;1H3;1,3H;;;/q;;;;;2*+1;-1/p-1/t21-,23-,25-;16-,18-,20-;;;;;;/m11....../s1/i;;;1D;;;;. The van der Waals surface area contributed by atoms with Gasteiger partial charge in [0, 0.05) is 88.4 Å². The summed E-state index contributed by atoms with van der Waals surface area (Å²) in [6, 6.07) is 24.1. The van der Waals surface area contributed by atoms with Crippen LogP contribution in [0.3, 0.4) is 0 Å². The molecule has 6 aliphatic heterocycles. The van der Waals surface area contributed by atoms with Crippen LogP contribution in [0.4, 0.5) is 31.5 Å². The Morgan fingerprint density at radius 2 is 1.06 bits per heavy atom. The molecule has 8 heterocycles. The molecule has 0 bridgehead atoms. The van der Waals surface area contributed by atoms with Gasteiger partial charge in [-0.2, -0.15) is 10.2 Å². The summed E-state index contributed by atoms with van der Waals surface area (Å²) in [5.74, 6) is -7.40. The van der Waals surface area contributed by atoms with E-state index in [1.807, 2.05) is 62.6 Å². The number of rotatable bonds is 8. The first-order chi connectivity index (χ1) is 42.4. The van der Waals surface area contributed by atoms with E-state index in [4.69, 9.17) is 27.8 Å². The first kappa shape index (κ1) is 71.1. The van der Waals surface area contributed by atoms with Crippen molar-refractivity contribution in [2.75, 3.05) is 86.7 Å². The molecular formula is C60H64ClF5K2N10O11. The van der Waals surface area contributed by atoms with E-state index in [-0.39, 0.29) is 145 Å².